The number of rotatable bonds is 2. The first-order valence-electron chi connectivity index (χ1n) is 7.52. The van der Waals surface area contributed by atoms with Crippen molar-refractivity contribution >= 4 is 11.6 Å². The molecule has 1 aromatic heterocycles. The summed E-state index contributed by atoms with van der Waals surface area (Å²) < 4.78 is 38.1. The van der Waals surface area contributed by atoms with E-state index in [1.165, 1.54) is 5.56 Å². The van der Waals surface area contributed by atoms with Crippen LogP contribution in [0.1, 0.15) is 39.9 Å². The third-order valence-electron chi connectivity index (χ3n) is 4.03. The summed E-state index contributed by atoms with van der Waals surface area (Å²) in [5.74, 6) is -0.239. The zero-order chi connectivity index (χ0) is 17.3. The van der Waals surface area contributed by atoms with E-state index in [4.69, 9.17) is 0 Å². The SMILES string of the molecule is C[C@H]1CNCc2cc(NC(=O)c3cncc(C(F)(F)F)c3)ccc21. The number of benzene rings is 1. The summed E-state index contributed by atoms with van der Waals surface area (Å²) in [6.45, 7) is 3.71. The molecule has 1 aromatic carbocycles. The van der Waals surface area contributed by atoms with Gasteiger partial charge in [-0.15, -0.1) is 0 Å². The minimum Gasteiger partial charge on any atom is -0.322 e. The highest BCUT2D eigenvalue weighted by molar-refractivity contribution is 6.04. The Bertz CT molecular complexity index is 774. The zero-order valence-electron chi connectivity index (χ0n) is 12.9. The van der Waals surface area contributed by atoms with Crippen LogP contribution in [-0.4, -0.2) is 17.4 Å². The lowest BCUT2D eigenvalue weighted by atomic mass is 9.92. The first-order valence-corrected chi connectivity index (χ1v) is 7.52. The average molecular weight is 335 g/mol. The van der Waals surface area contributed by atoms with E-state index in [2.05, 4.69) is 22.5 Å². The predicted octanol–water partition coefficient (Wildman–Crippen LogP) is 3.56. The van der Waals surface area contributed by atoms with Crippen molar-refractivity contribution in [2.45, 2.75) is 25.6 Å². The number of pyridine rings is 1. The molecule has 0 aliphatic carbocycles. The van der Waals surface area contributed by atoms with Crippen LogP contribution in [0.3, 0.4) is 0 Å². The van der Waals surface area contributed by atoms with Gasteiger partial charge in [-0.3, -0.25) is 9.78 Å². The standard InChI is InChI=1S/C17H16F3N3O/c1-10-6-21-7-11-5-14(2-3-15(10)11)23-16(24)12-4-13(9-22-8-12)17(18,19)20/h2-5,8-10,21H,6-7H2,1H3,(H,23,24)/t10-/m0/s1. The number of anilines is 1. The summed E-state index contributed by atoms with van der Waals surface area (Å²) in [7, 11) is 0. The van der Waals surface area contributed by atoms with Gasteiger partial charge in [-0.2, -0.15) is 13.2 Å². The van der Waals surface area contributed by atoms with Gasteiger partial charge in [-0.25, -0.2) is 0 Å². The van der Waals surface area contributed by atoms with E-state index in [1.54, 1.807) is 6.07 Å². The molecular weight excluding hydrogens is 319 g/mol. The van der Waals surface area contributed by atoms with Crippen molar-refractivity contribution < 1.29 is 18.0 Å². The molecule has 7 heteroatoms. The van der Waals surface area contributed by atoms with E-state index in [1.807, 2.05) is 12.1 Å². The Morgan fingerprint density at radius 3 is 2.83 bits per heavy atom. The molecule has 2 N–H and O–H groups in total. The van der Waals surface area contributed by atoms with Gasteiger partial charge in [-0.05, 0) is 35.2 Å². The Kier molecular flexibility index (Phi) is 4.28. The van der Waals surface area contributed by atoms with E-state index < -0.39 is 17.6 Å². The van der Waals surface area contributed by atoms with Crippen LogP contribution in [0.15, 0.2) is 36.7 Å². The Morgan fingerprint density at radius 1 is 1.29 bits per heavy atom. The molecule has 2 aromatic rings. The topological polar surface area (TPSA) is 54.0 Å². The molecular formula is C17H16F3N3O. The minimum atomic E-state index is -4.53. The van der Waals surface area contributed by atoms with Gasteiger partial charge in [-0.1, -0.05) is 13.0 Å². The average Bonchev–Trinajstić information content (AvgIpc) is 2.54. The van der Waals surface area contributed by atoms with E-state index in [0.29, 0.717) is 24.3 Å². The largest absolute Gasteiger partial charge is 0.417 e. The van der Waals surface area contributed by atoms with Crippen LogP contribution in [0.2, 0.25) is 0 Å². The first-order chi connectivity index (χ1) is 11.3. The second kappa shape index (κ2) is 6.24. The number of hydrogen-bond donors (Lipinski definition) is 2. The summed E-state index contributed by atoms with van der Waals surface area (Å²) in [6.07, 6.45) is -2.72. The van der Waals surface area contributed by atoms with E-state index in [9.17, 15) is 18.0 Å². The Morgan fingerprint density at radius 2 is 2.08 bits per heavy atom. The fourth-order valence-corrected chi connectivity index (χ4v) is 2.77. The number of nitrogens with one attached hydrogen (secondary N) is 2. The number of halogens is 3. The highest BCUT2D eigenvalue weighted by Gasteiger charge is 2.31. The van der Waals surface area contributed by atoms with Gasteiger partial charge in [0.25, 0.3) is 5.91 Å². The number of amides is 1. The van der Waals surface area contributed by atoms with Gasteiger partial charge < -0.3 is 10.6 Å². The molecule has 0 radical (unpaired) electrons. The predicted molar refractivity (Wildman–Crippen MR) is 83.8 cm³/mol. The number of fused-ring (bicyclic) bond motifs is 1. The Labute approximate surface area is 137 Å². The van der Waals surface area contributed by atoms with Gasteiger partial charge in [0.05, 0.1) is 11.1 Å². The van der Waals surface area contributed by atoms with Crippen molar-refractivity contribution in [3.8, 4) is 0 Å². The molecule has 1 amide bonds. The van der Waals surface area contributed by atoms with Gasteiger partial charge in [0, 0.05) is 31.2 Å². The lowest BCUT2D eigenvalue weighted by Crippen LogP contribution is -2.26. The monoisotopic (exact) mass is 335 g/mol. The smallest absolute Gasteiger partial charge is 0.322 e. The molecule has 0 fully saturated rings. The van der Waals surface area contributed by atoms with Crippen LogP contribution in [0, 0.1) is 0 Å². The molecule has 4 nitrogen and oxygen atoms in total. The summed E-state index contributed by atoms with van der Waals surface area (Å²) >= 11 is 0. The van der Waals surface area contributed by atoms with Gasteiger partial charge >= 0.3 is 6.18 Å². The van der Waals surface area contributed by atoms with Crippen molar-refractivity contribution in [2.75, 3.05) is 11.9 Å². The van der Waals surface area contributed by atoms with Crippen molar-refractivity contribution in [3.63, 3.8) is 0 Å². The number of hydrogen-bond acceptors (Lipinski definition) is 3. The van der Waals surface area contributed by atoms with Crippen LogP contribution in [0.4, 0.5) is 18.9 Å². The van der Waals surface area contributed by atoms with Crippen molar-refractivity contribution in [1.29, 1.82) is 0 Å². The molecule has 0 bridgehead atoms. The number of carbonyl (C=O) groups excluding carboxylic acids is 1. The number of carbonyl (C=O) groups is 1. The number of alkyl halides is 3. The molecule has 0 spiro atoms. The van der Waals surface area contributed by atoms with Crippen LogP contribution in [0.25, 0.3) is 0 Å². The lowest BCUT2D eigenvalue weighted by molar-refractivity contribution is -0.137. The fraction of sp³-hybridized carbons (Fsp3) is 0.294. The maximum Gasteiger partial charge on any atom is 0.417 e. The van der Waals surface area contributed by atoms with Crippen molar-refractivity contribution in [3.05, 3.63) is 58.9 Å². The molecule has 0 saturated heterocycles. The molecule has 1 aliphatic rings. The molecule has 0 unspecified atom stereocenters. The highest BCUT2D eigenvalue weighted by atomic mass is 19.4. The molecule has 1 atom stereocenters. The molecule has 3 rings (SSSR count). The van der Waals surface area contributed by atoms with Crippen molar-refractivity contribution in [1.82, 2.24) is 10.3 Å². The highest BCUT2D eigenvalue weighted by Crippen LogP contribution is 2.29. The van der Waals surface area contributed by atoms with Crippen LogP contribution >= 0.6 is 0 Å². The second-order valence-corrected chi connectivity index (χ2v) is 5.86. The van der Waals surface area contributed by atoms with Gasteiger partial charge in [0.15, 0.2) is 0 Å². The molecule has 2 heterocycles. The lowest BCUT2D eigenvalue weighted by Gasteiger charge is -2.24. The third-order valence-corrected chi connectivity index (χ3v) is 4.03. The van der Waals surface area contributed by atoms with E-state index >= 15 is 0 Å². The fourth-order valence-electron chi connectivity index (χ4n) is 2.77. The van der Waals surface area contributed by atoms with E-state index in [0.717, 1.165) is 24.4 Å². The molecule has 126 valence electrons. The van der Waals surface area contributed by atoms with Gasteiger partial charge in [0.1, 0.15) is 0 Å². The van der Waals surface area contributed by atoms with Crippen LogP contribution < -0.4 is 10.6 Å². The normalized spacial score (nSPS) is 17.2. The first kappa shape index (κ1) is 16.4. The number of nitrogens with zero attached hydrogens (tertiary/aromatic N) is 1. The quantitative estimate of drug-likeness (QED) is 0.882. The second-order valence-electron chi connectivity index (χ2n) is 5.86. The zero-order valence-corrected chi connectivity index (χ0v) is 12.9. The maximum absolute atomic E-state index is 12.7. The third kappa shape index (κ3) is 3.41. The maximum atomic E-state index is 12.7. The summed E-state index contributed by atoms with van der Waals surface area (Å²) in [4.78, 5) is 15.7. The molecule has 0 saturated carbocycles. The summed E-state index contributed by atoms with van der Waals surface area (Å²) in [5.41, 5.74) is 1.76. The van der Waals surface area contributed by atoms with Crippen LogP contribution in [-0.2, 0) is 12.7 Å². The van der Waals surface area contributed by atoms with E-state index in [-0.39, 0.29) is 5.56 Å². The molecule has 24 heavy (non-hydrogen) atoms. The minimum absolute atomic E-state index is 0.131. The van der Waals surface area contributed by atoms with Crippen LogP contribution in [0.5, 0.6) is 0 Å². The Balaban J connectivity index is 1.80. The number of aromatic nitrogens is 1. The Hall–Kier alpha value is -2.41. The molecule has 1 aliphatic heterocycles. The summed E-state index contributed by atoms with van der Waals surface area (Å²) in [6, 6.07) is 6.35. The van der Waals surface area contributed by atoms with Gasteiger partial charge in [0.2, 0.25) is 0 Å². The van der Waals surface area contributed by atoms with Crippen molar-refractivity contribution in [2.24, 2.45) is 0 Å². The summed E-state index contributed by atoms with van der Waals surface area (Å²) in [5, 5.41) is 5.91.